The quantitative estimate of drug-likeness (QED) is 0.848. The normalized spacial score (nSPS) is 12.7. The van der Waals surface area contributed by atoms with Gasteiger partial charge in [-0.25, -0.2) is 13.1 Å². The highest BCUT2D eigenvalue weighted by atomic mass is 32.2. The van der Waals surface area contributed by atoms with Crippen LogP contribution in [0.1, 0.15) is 50.3 Å². The smallest absolute Gasteiger partial charge is 0.241 e. The van der Waals surface area contributed by atoms with Crippen LogP contribution in [-0.2, 0) is 16.6 Å². The van der Waals surface area contributed by atoms with Crippen LogP contribution in [-0.4, -0.2) is 14.0 Å². The number of nitrogens with two attached hydrogens (primary N) is 1. The molecule has 1 aromatic rings. The van der Waals surface area contributed by atoms with Crippen LogP contribution in [0.25, 0.3) is 0 Å². The molecule has 0 amide bonds. The lowest BCUT2D eigenvalue weighted by atomic mass is 10.0. The third-order valence-electron chi connectivity index (χ3n) is 3.49. The fraction of sp³-hybridized carbons (Fsp3) is 0.600. The molecule has 0 spiro atoms. The van der Waals surface area contributed by atoms with Gasteiger partial charge in [0.15, 0.2) is 0 Å². The van der Waals surface area contributed by atoms with Crippen molar-refractivity contribution in [3.8, 4) is 0 Å². The van der Waals surface area contributed by atoms with Gasteiger partial charge in [0.2, 0.25) is 10.0 Å². The molecule has 0 fully saturated rings. The second kappa shape index (κ2) is 6.24. The van der Waals surface area contributed by atoms with Gasteiger partial charge in [-0.15, -0.1) is 0 Å². The molecular formula is C15H26N2O2S. The molecule has 1 aromatic carbocycles. The van der Waals surface area contributed by atoms with Gasteiger partial charge in [-0.3, -0.25) is 0 Å². The van der Waals surface area contributed by atoms with Gasteiger partial charge in [0.25, 0.3) is 0 Å². The highest BCUT2D eigenvalue weighted by molar-refractivity contribution is 7.89. The molecule has 1 rings (SSSR count). The molecule has 0 heterocycles. The van der Waals surface area contributed by atoms with Crippen LogP contribution in [0.3, 0.4) is 0 Å². The summed E-state index contributed by atoms with van der Waals surface area (Å²) < 4.78 is 28.0. The molecular weight excluding hydrogens is 272 g/mol. The van der Waals surface area contributed by atoms with Gasteiger partial charge in [0, 0.05) is 12.1 Å². The second-order valence-electron chi connectivity index (χ2n) is 5.98. The zero-order valence-corrected chi connectivity index (χ0v) is 13.9. The Kier molecular flexibility index (Phi) is 5.35. The van der Waals surface area contributed by atoms with Crippen LogP contribution in [0.15, 0.2) is 17.0 Å². The predicted octanol–water partition coefficient (Wildman–Crippen LogP) is 2.62. The monoisotopic (exact) mass is 298 g/mol. The fourth-order valence-electron chi connectivity index (χ4n) is 2.39. The Morgan fingerprint density at radius 2 is 1.85 bits per heavy atom. The molecule has 0 saturated heterocycles. The Bertz CT molecular complexity index is 578. The molecule has 0 aromatic heterocycles. The van der Waals surface area contributed by atoms with Crippen LogP contribution in [0.2, 0.25) is 0 Å². The van der Waals surface area contributed by atoms with E-state index in [1.165, 1.54) is 0 Å². The van der Waals surface area contributed by atoms with Crippen LogP contribution < -0.4 is 10.5 Å². The molecule has 3 N–H and O–H groups in total. The van der Waals surface area contributed by atoms with Crippen LogP contribution in [0.5, 0.6) is 0 Å². The van der Waals surface area contributed by atoms with Crippen molar-refractivity contribution in [2.45, 2.75) is 64.4 Å². The first-order valence-corrected chi connectivity index (χ1v) is 8.45. The Labute approximate surface area is 122 Å². The van der Waals surface area contributed by atoms with E-state index >= 15 is 0 Å². The van der Waals surface area contributed by atoms with Gasteiger partial charge in [-0.2, -0.15) is 0 Å². The lowest BCUT2D eigenvalue weighted by Gasteiger charge is -2.26. The standard InChI is InChI=1S/C15H26N2O2S/c1-6-7-15(4,5)17-20(18,19)14-9-13(10-16)8-11(2)12(14)3/h8-9,17H,6-7,10,16H2,1-5H3. The highest BCUT2D eigenvalue weighted by Gasteiger charge is 2.27. The third-order valence-corrected chi connectivity index (χ3v) is 5.31. The van der Waals surface area contributed by atoms with E-state index in [1.54, 1.807) is 6.07 Å². The van der Waals surface area contributed by atoms with E-state index < -0.39 is 15.6 Å². The van der Waals surface area contributed by atoms with E-state index in [4.69, 9.17) is 5.73 Å². The van der Waals surface area contributed by atoms with Crippen molar-refractivity contribution in [3.05, 3.63) is 28.8 Å². The summed E-state index contributed by atoms with van der Waals surface area (Å²) in [6.07, 6.45) is 1.72. The van der Waals surface area contributed by atoms with Gasteiger partial charge in [0.1, 0.15) is 0 Å². The maximum absolute atomic E-state index is 12.6. The predicted molar refractivity (Wildman–Crippen MR) is 83.1 cm³/mol. The minimum atomic E-state index is -3.53. The summed E-state index contributed by atoms with van der Waals surface area (Å²) in [7, 11) is -3.53. The average molecular weight is 298 g/mol. The van der Waals surface area contributed by atoms with Crippen LogP contribution in [0.4, 0.5) is 0 Å². The molecule has 20 heavy (non-hydrogen) atoms. The molecule has 0 aliphatic rings. The summed E-state index contributed by atoms with van der Waals surface area (Å²) in [6.45, 7) is 9.93. The molecule has 0 bridgehead atoms. The first kappa shape index (κ1) is 17.1. The first-order valence-electron chi connectivity index (χ1n) is 6.97. The molecule has 0 radical (unpaired) electrons. The molecule has 0 saturated carbocycles. The van der Waals surface area contributed by atoms with Crippen molar-refractivity contribution < 1.29 is 8.42 Å². The molecule has 0 aliphatic heterocycles. The highest BCUT2D eigenvalue weighted by Crippen LogP contribution is 2.23. The summed E-state index contributed by atoms with van der Waals surface area (Å²) in [4.78, 5) is 0.335. The molecule has 114 valence electrons. The number of benzene rings is 1. The van der Waals surface area contributed by atoms with Gasteiger partial charge in [-0.1, -0.05) is 19.4 Å². The lowest BCUT2D eigenvalue weighted by molar-refractivity contribution is 0.417. The molecule has 4 nitrogen and oxygen atoms in total. The van der Waals surface area contributed by atoms with Crippen molar-refractivity contribution >= 4 is 10.0 Å². The van der Waals surface area contributed by atoms with E-state index in [9.17, 15) is 8.42 Å². The van der Waals surface area contributed by atoms with Crippen molar-refractivity contribution in [3.63, 3.8) is 0 Å². The number of nitrogens with one attached hydrogen (secondary N) is 1. The second-order valence-corrected chi connectivity index (χ2v) is 7.63. The van der Waals surface area contributed by atoms with Crippen LogP contribution in [0, 0.1) is 13.8 Å². The number of hydrogen-bond donors (Lipinski definition) is 2. The summed E-state index contributed by atoms with van der Waals surface area (Å²) >= 11 is 0. The zero-order chi connectivity index (χ0) is 15.6. The van der Waals surface area contributed by atoms with Gasteiger partial charge in [-0.05, 0) is 56.9 Å². The summed E-state index contributed by atoms with van der Waals surface area (Å²) in [6, 6.07) is 3.61. The Balaban J connectivity index is 3.25. The average Bonchev–Trinajstić information content (AvgIpc) is 2.30. The first-order chi connectivity index (χ1) is 9.13. The zero-order valence-electron chi connectivity index (χ0n) is 13.1. The maximum Gasteiger partial charge on any atom is 0.241 e. The topological polar surface area (TPSA) is 72.2 Å². The van der Waals surface area contributed by atoms with E-state index in [2.05, 4.69) is 4.72 Å². The molecule has 0 aliphatic carbocycles. The fourth-order valence-corrected chi connectivity index (χ4v) is 4.20. The van der Waals surface area contributed by atoms with Crippen molar-refractivity contribution in [1.29, 1.82) is 0 Å². The minimum absolute atomic E-state index is 0.335. The summed E-state index contributed by atoms with van der Waals surface area (Å²) in [5, 5.41) is 0. The third kappa shape index (κ3) is 4.04. The van der Waals surface area contributed by atoms with Crippen molar-refractivity contribution in [1.82, 2.24) is 4.72 Å². The number of hydrogen-bond acceptors (Lipinski definition) is 3. The summed E-state index contributed by atoms with van der Waals surface area (Å²) in [5.41, 5.74) is 7.75. The Morgan fingerprint density at radius 1 is 1.25 bits per heavy atom. The SMILES string of the molecule is CCCC(C)(C)NS(=O)(=O)c1cc(CN)cc(C)c1C. The summed E-state index contributed by atoms with van der Waals surface area (Å²) in [5.74, 6) is 0. The minimum Gasteiger partial charge on any atom is -0.326 e. The Hall–Kier alpha value is -0.910. The lowest BCUT2D eigenvalue weighted by Crippen LogP contribution is -2.43. The van der Waals surface area contributed by atoms with Crippen LogP contribution >= 0.6 is 0 Å². The largest absolute Gasteiger partial charge is 0.326 e. The van der Waals surface area contributed by atoms with Crippen molar-refractivity contribution in [2.75, 3.05) is 0 Å². The molecule has 5 heteroatoms. The molecule has 0 unspecified atom stereocenters. The van der Waals surface area contributed by atoms with E-state index in [0.29, 0.717) is 11.4 Å². The van der Waals surface area contributed by atoms with Gasteiger partial charge < -0.3 is 5.73 Å². The molecule has 0 atom stereocenters. The van der Waals surface area contributed by atoms with Gasteiger partial charge >= 0.3 is 0 Å². The van der Waals surface area contributed by atoms with E-state index in [0.717, 1.165) is 29.5 Å². The van der Waals surface area contributed by atoms with Crippen molar-refractivity contribution in [2.24, 2.45) is 5.73 Å². The number of sulfonamides is 1. The van der Waals surface area contributed by atoms with Gasteiger partial charge in [0.05, 0.1) is 4.90 Å². The maximum atomic E-state index is 12.6. The van der Waals surface area contributed by atoms with E-state index in [1.807, 2.05) is 40.7 Å². The Morgan fingerprint density at radius 3 is 2.35 bits per heavy atom. The number of rotatable bonds is 6. The van der Waals surface area contributed by atoms with E-state index in [-0.39, 0.29) is 0 Å². The number of aryl methyl sites for hydroxylation is 1.